The van der Waals surface area contributed by atoms with E-state index in [9.17, 15) is 19.2 Å². The lowest BCUT2D eigenvalue weighted by Crippen LogP contribution is -2.28. The fraction of sp³-hybridized carbons (Fsp3) is 0.674. The highest BCUT2D eigenvalue weighted by Gasteiger charge is 2.57. The molecule has 276 valence electrons. The van der Waals surface area contributed by atoms with Crippen molar-refractivity contribution in [3.8, 4) is 0 Å². The fourth-order valence-electron chi connectivity index (χ4n) is 11.7. The molecule has 0 saturated heterocycles. The van der Waals surface area contributed by atoms with Gasteiger partial charge in [0.25, 0.3) is 0 Å². The molecule has 0 amide bonds. The molecular formula is C43H56O8. The monoisotopic (exact) mass is 700 g/mol. The molecule has 10 unspecified atom stereocenters. The van der Waals surface area contributed by atoms with Gasteiger partial charge in [0.1, 0.15) is 0 Å². The third-order valence-electron chi connectivity index (χ3n) is 14.0. The second kappa shape index (κ2) is 14.2. The summed E-state index contributed by atoms with van der Waals surface area (Å²) in [6, 6.07) is 5.36. The number of hydrogen-bond donors (Lipinski definition) is 0. The van der Waals surface area contributed by atoms with E-state index in [1.165, 1.54) is 18.9 Å². The molecule has 0 heterocycles. The molecule has 6 aliphatic carbocycles. The van der Waals surface area contributed by atoms with Crippen LogP contribution in [0.2, 0.25) is 0 Å². The average Bonchev–Trinajstić information content (AvgIpc) is 3.94. The number of ether oxygens (including phenoxy) is 4. The van der Waals surface area contributed by atoms with E-state index < -0.39 is 11.9 Å². The maximum atomic E-state index is 13.5. The lowest BCUT2D eigenvalue weighted by molar-refractivity contribution is -0.141. The molecule has 51 heavy (non-hydrogen) atoms. The van der Waals surface area contributed by atoms with Gasteiger partial charge in [0.05, 0.1) is 37.6 Å². The van der Waals surface area contributed by atoms with Crippen molar-refractivity contribution >= 4 is 23.9 Å². The second-order valence-electron chi connectivity index (χ2n) is 18.1. The number of fused-ring (bicyclic) bond motifs is 10. The Morgan fingerprint density at radius 1 is 0.647 bits per heavy atom. The van der Waals surface area contributed by atoms with Crippen molar-refractivity contribution in [1.29, 1.82) is 0 Å². The van der Waals surface area contributed by atoms with Crippen LogP contribution in [0.15, 0.2) is 43.0 Å². The molecule has 4 bridgehead atoms. The maximum Gasteiger partial charge on any atom is 0.338 e. The van der Waals surface area contributed by atoms with Crippen molar-refractivity contribution in [2.45, 2.75) is 84.5 Å². The summed E-state index contributed by atoms with van der Waals surface area (Å²) >= 11 is 0. The molecular weight excluding hydrogens is 644 g/mol. The molecule has 0 spiro atoms. The number of carbonyl (C=O) groups excluding carboxylic acids is 4. The molecule has 1 aromatic rings. The van der Waals surface area contributed by atoms with E-state index >= 15 is 0 Å². The third kappa shape index (κ3) is 7.30. The Bertz CT molecular complexity index is 1570. The van der Waals surface area contributed by atoms with E-state index in [2.05, 4.69) is 33.9 Å². The van der Waals surface area contributed by atoms with Gasteiger partial charge in [0.15, 0.2) is 0 Å². The zero-order valence-corrected chi connectivity index (χ0v) is 30.9. The number of esters is 4. The number of rotatable bonds is 12. The molecule has 1 aromatic carbocycles. The van der Waals surface area contributed by atoms with Gasteiger partial charge in [-0.05, 0) is 158 Å². The van der Waals surface area contributed by atoms with E-state index in [1.54, 1.807) is 13.0 Å². The summed E-state index contributed by atoms with van der Waals surface area (Å²) in [6.07, 6.45) is 10.1. The molecule has 0 aromatic heterocycles. The molecule has 8 heteroatoms. The molecule has 8 nitrogen and oxygen atoms in total. The van der Waals surface area contributed by atoms with E-state index in [-0.39, 0.29) is 17.4 Å². The standard InChI is InChI=1S/C43H56O8/c1-7-39(44)48-19-24-8-33-27-13-31(36(18-27)37(33)10-24)22-51-42(47)29-14-28(15-32(16-29)43(4,5)6)41(46)49-20-25-9-34-26-12-30(21-50-40(45)23(2)3)35(17-26)38(34)11-25/h7,14-16,24-27,30-31,33-38H,1-2,8-13,17-22H2,3-6H3/t24?,25?,26?,27?,30?,31?,33-,34-,35?,36?,37?,38?/m1/s1. The van der Waals surface area contributed by atoms with Crippen LogP contribution in [0.3, 0.4) is 0 Å². The predicted octanol–water partition coefficient (Wildman–Crippen LogP) is 7.74. The van der Waals surface area contributed by atoms with E-state index in [0.29, 0.717) is 114 Å². The summed E-state index contributed by atoms with van der Waals surface area (Å²) in [5.41, 5.74) is 1.85. The van der Waals surface area contributed by atoms with Crippen LogP contribution < -0.4 is 0 Å². The minimum Gasteiger partial charge on any atom is -0.462 e. The Labute approximate surface area is 303 Å². The van der Waals surface area contributed by atoms with Crippen LogP contribution in [0.4, 0.5) is 0 Å². The number of carbonyl (C=O) groups is 4. The second-order valence-corrected chi connectivity index (χ2v) is 18.1. The normalized spacial score (nSPS) is 35.6. The van der Waals surface area contributed by atoms with E-state index in [4.69, 9.17) is 18.9 Å². The van der Waals surface area contributed by atoms with Crippen molar-refractivity contribution in [1.82, 2.24) is 0 Å². The van der Waals surface area contributed by atoms with Gasteiger partial charge in [-0.25, -0.2) is 19.2 Å². The highest BCUT2D eigenvalue weighted by Crippen LogP contribution is 2.63. The molecule has 0 N–H and O–H groups in total. The van der Waals surface area contributed by atoms with Crippen molar-refractivity contribution in [3.63, 3.8) is 0 Å². The minimum absolute atomic E-state index is 0.276. The predicted molar refractivity (Wildman–Crippen MR) is 191 cm³/mol. The molecule has 6 aliphatic rings. The van der Waals surface area contributed by atoms with Gasteiger partial charge in [-0.1, -0.05) is 33.9 Å². The fourth-order valence-corrected chi connectivity index (χ4v) is 11.7. The summed E-state index contributed by atoms with van der Waals surface area (Å²) in [6.45, 7) is 16.8. The highest BCUT2D eigenvalue weighted by atomic mass is 16.5. The highest BCUT2D eigenvalue weighted by molar-refractivity contribution is 5.96. The third-order valence-corrected chi connectivity index (χ3v) is 14.0. The van der Waals surface area contributed by atoms with Gasteiger partial charge < -0.3 is 18.9 Å². The smallest absolute Gasteiger partial charge is 0.338 e. The summed E-state index contributed by atoms with van der Waals surface area (Å²) in [4.78, 5) is 50.6. The first-order valence-electron chi connectivity index (χ1n) is 19.4. The lowest BCUT2D eigenvalue weighted by Gasteiger charge is -2.31. The molecule has 0 aliphatic heterocycles. The van der Waals surface area contributed by atoms with Gasteiger partial charge in [-0.2, -0.15) is 0 Å². The van der Waals surface area contributed by atoms with Gasteiger partial charge >= 0.3 is 23.9 Å². The van der Waals surface area contributed by atoms with Crippen LogP contribution in [0, 0.1) is 71.0 Å². The largest absolute Gasteiger partial charge is 0.462 e. The maximum absolute atomic E-state index is 13.5. The summed E-state index contributed by atoms with van der Waals surface area (Å²) in [5, 5.41) is 0. The average molecular weight is 701 g/mol. The van der Waals surface area contributed by atoms with Crippen LogP contribution in [-0.4, -0.2) is 50.3 Å². The van der Waals surface area contributed by atoms with Crippen molar-refractivity contribution in [2.24, 2.45) is 71.0 Å². The first-order valence-corrected chi connectivity index (χ1v) is 19.4. The number of hydrogen-bond acceptors (Lipinski definition) is 8. The van der Waals surface area contributed by atoms with Crippen LogP contribution in [0.1, 0.15) is 105 Å². The van der Waals surface area contributed by atoms with E-state index in [0.717, 1.165) is 44.1 Å². The van der Waals surface area contributed by atoms with Crippen LogP contribution in [0.25, 0.3) is 0 Å². The molecule has 7 rings (SSSR count). The molecule has 6 fully saturated rings. The van der Waals surface area contributed by atoms with Crippen LogP contribution >= 0.6 is 0 Å². The Balaban J connectivity index is 0.926. The Morgan fingerprint density at radius 3 is 1.61 bits per heavy atom. The van der Waals surface area contributed by atoms with Gasteiger partial charge in [-0.15, -0.1) is 0 Å². The van der Waals surface area contributed by atoms with Gasteiger partial charge in [-0.3, -0.25) is 0 Å². The molecule has 0 radical (unpaired) electrons. The Kier molecular flexibility index (Phi) is 10.0. The van der Waals surface area contributed by atoms with Crippen LogP contribution in [0.5, 0.6) is 0 Å². The molecule has 6 saturated carbocycles. The Hall–Kier alpha value is -3.42. The Morgan fingerprint density at radius 2 is 1.12 bits per heavy atom. The summed E-state index contributed by atoms with van der Waals surface area (Å²) in [5.74, 6) is 4.99. The zero-order valence-electron chi connectivity index (χ0n) is 30.9. The first-order chi connectivity index (χ1) is 24.3. The zero-order chi connectivity index (χ0) is 36.2. The lowest BCUT2D eigenvalue weighted by atomic mass is 9.76. The van der Waals surface area contributed by atoms with Crippen molar-refractivity contribution in [3.05, 3.63) is 59.7 Å². The minimum atomic E-state index is -0.395. The first kappa shape index (κ1) is 36.0. The quantitative estimate of drug-likeness (QED) is 0.124. The topological polar surface area (TPSA) is 105 Å². The summed E-state index contributed by atoms with van der Waals surface area (Å²) in [7, 11) is 0. The van der Waals surface area contributed by atoms with Crippen LogP contribution in [-0.2, 0) is 34.0 Å². The SMILES string of the molecule is C=CC(=O)OCC1CC2C3CC(CC3COC(=O)c3cc(C(=O)OCC4CC5C6CC(CC6COC(=O)C(=C)C)[C@H]5C4)cc(C(C)(C)C)c3)[C@H]2C1. The number of benzene rings is 1. The van der Waals surface area contributed by atoms with Crippen molar-refractivity contribution < 1.29 is 38.1 Å². The van der Waals surface area contributed by atoms with E-state index in [1.807, 2.05) is 12.1 Å². The van der Waals surface area contributed by atoms with Gasteiger partial charge in [0, 0.05) is 11.6 Å². The van der Waals surface area contributed by atoms with Crippen molar-refractivity contribution in [2.75, 3.05) is 26.4 Å². The summed E-state index contributed by atoms with van der Waals surface area (Å²) < 4.78 is 22.8. The van der Waals surface area contributed by atoms with Gasteiger partial charge in [0.2, 0.25) is 0 Å². The molecule has 12 atom stereocenters.